The van der Waals surface area contributed by atoms with Gasteiger partial charge in [0.25, 0.3) is 0 Å². The van der Waals surface area contributed by atoms with Gasteiger partial charge in [0.15, 0.2) is 0 Å². The molecule has 2 N–H and O–H groups in total. The van der Waals surface area contributed by atoms with E-state index in [1.54, 1.807) is 0 Å². The predicted molar refractivity (Wildman–Crippen MR) is 89.6 cm³/mol. The van der Waals surface area contributed by atoms with Gasteiger partial charge in [-0.3, -0.25) is 4.90 Å². The minimum Gasteiger partial charge on any atom is -0.327 e. The van der Waals surface area contributed by atoms with E-state index >= 15 is 0 Å². The van der Waals surface area contributed by atoms with Gasteiger partial charge in [-0.25, -0.2) is 0 Å². The molecular weight excluding hydrogens is 312 g/mol. The standard InChI is InChI=1S/C17H27BrN2/c1-13(2)17(19)11-14-7-9-20(10-8-14)12-15-3-5-16(18)6-4-15/h3-6,13-14,17H,7-12,19H2,1-2H3. The van der Waals surface area contributed by atoms with Gasteiger partial charge in [0.05, 0.1) is 0 Å². The van der Waals surface area contributed by atoms with E-state index in [-0.39, 0.29) is 0 Å². The molecule has 0 saturated carbocycles. The van der Waals surface area contributed by atoms with Crippen molar-refractivity contribution in [3.8, 4) is 0 Å². The number of hydrogen-bond acceptors (Lipinski definition) is 2. The summed E-state index contributed by atoms with van der Waals surface area (Å²) >= 11 is 3.49. The Labute approximate surface area is 131 Å². The van der Waals surface area contributed by atoms with Gasteiger partial charge >= 0.3 is 0 Å². The molecule has 3 heteroatoms. The van der Waals surface area contributed by atoms with Crippen molar-refractivity contribution in [3.05, 3.63) is 34.3 Å². The molecule has 2 rings (SSSR count). The van der Waals surface area contributed by atoms with Crippen LogP contribution in [0, 0.1) is 11.8 Å². The number of nitrogens with two attached hydrogens (primary N) is 1. The summed E-state index contributed by atoms with van der Waals surface area (Å²) in [4.78, 5) is 2.57. The van der Waals surface area contributed by atoms with Crippen LogP contribution in [0.1, 0.15) is 38.7 Å². The number of halogens is 1. The van der Waals surface area contributed by atoms with Crippen LogP contribution in [0.15, 0.2) is 28.7 Å². The molecule has 1 fully saturated rings. The second kappa shape index (κ2) is 7.58. The van der Waals surface area contributed by atoms with Crippen LogP contribution in [0.2, 0.25) is 0 Å². The van der Waals surface area contributed by atoms with Crippen molar-refractivity contribution in [2.45, 2.75) is 45.7 Å². The highest BCUT2D eigenvalue weighted by Crippen LogP contribution is 2.24. The molecular formula is C17H27BrN2. The Morgan fingerprint density at radius 3 is 2.35 bits per heavy atom. The highest BCUT2D eigenvalue weighted by molar-refractivity contribution is 9.10. The molecule has 2 nitrogen and oxygen atoms in total. The zero-order valence-electron chi connectivity index (χ0n) is 12.7. The first kappa shape index (κ1) is 16.0. The molecule has 1 aliphatic heterocycles. The largest absolute Gasteiger partial charge is 0.327 e. The molecule has 1 atom stereocenters. The topological polar surface area (TPSA) is 29.3 Å². The second-order valence-corrected chi connectivity index (χ2v) is 7.41. The summed E-state index contributed by atoms with van der Waals surface area (Å²) in [5, 5.41) is 0. The molecule has 0 spiro atoms. The van der Waals surface area contributed by atoms with Crippen molar-refractivity contribution in [2.75, 3.05) is 13.1 Å². The molecule has 0 radical (unpaired) electrons. The van der Waals surface area contributed by atoms with Crippen LogP contribution in [0.25, 0.3) is 0 Å². The van der Waals surface area contributed by atoms with Crippen LogP contribution in [-0.4, -0.2) is 24.0 Å². The van der Waals surface area contributed by atoms with Gasteiger partial charge in [-0.1, -0.05) is 41.9 Å². The normalized spacial score (nSPS) is 19.4. The van der Waals surface area contributed by atoms with Gasteiger partial charge in [-0.05, 0) is 61.9 Å². The van der Waals surface area contributed by atoms with Gasteiger partial charge in [0, 0.05) is 17.1 Å². The van der Waals surface area contributed by atoms with Crippen molar-refractivity contribution < 1.29 is 0 Å². The van der Waals surface area contributed by atoms with Crippen molar-refractivity contribution in [2.24, 2.45) is 17.6 Å². The van der Waals surface area contributed by atoms with Crippen LogP contribution >= 0.6 is 15.9 Å². The van der Waals surface area contributed by atoms with E-state index in [1.165, 1.54) is 37.9 Å². The van der Waals surface area contributed by atoms with Crippen LogP contribution in [0.3, 0.4) is 0 Å². The number of piperidine rings is 1. The summed E-state index contributed by atoms with van der Waals surface area (Å²) in [6, 6.07) is 9.06. The Kier molecular flexibility index (Phi) is 6.06. The third-order valence-electron chi connectivity index (χ3n) is 4.49. The number of nitrogens with zero attached hydrogens (tertiary/aromatic N) is 1. The summed E-state index contributed by atoms with van der Waals surface area (Å²) in [5.74, 6) is 1.43. The van der Waals surface area contributed by atoms with E-state index in [0.717, 1.165) is 16.9 Å². The highest BCUT2D eigenvalue weighted by atomic mass is 79.9. The smallest absolute Gasteiger partial charge is 0.0233 e. The first-order chi connectivity index (χ1) is 9.54. The molecule has 1 saturated heterocycles. The van der Waals surface area contributed by atoms with Crippen molar-refractivity contribution in [1.82, 2.24) is 4.90 Å². The predicted octanol–water partition coefficient (Wildman–Crippen LogP) is 4.03. The fourth-order valence-electron chi connectivity index (χ4n) is 2.89. The maximum absolute atomic E-state index is 6.20. The number of benzene rings is 1. The third kappa shape index (κ3) is 4.87. The molecule has 0 aliphatic carbocycles. The van der Waals surface area contributed by atoms with E-state index in [9.17, 15) is 0 Å². The molecule has 112 valence electrons. The minimum absolute atomic E-state index is 0.373. The third-order valence-corrected chi connectivity index (χ3v) is 5.02. The molecule has 0 bridgehead atoms. The lowest BCUT2D eigenvalue weighted by molar-refractivity contribution is 0.163. The Morgan fingerprint density at radius 1 is 1.20 bits per heavy atom. The molecule has 0 aromatic heterocycles. The fraction of sp³-hybridized carbons (Fsp3) is 0.647. The van der Waals surface area contributed by atoms with E-state index in [1.807, 2.05) is 0 Å². The van der Waals surface area contributed by atoms with Crippen LogP contribution in [0.4, 0.5) is 0 Å². The maximum atomic E-state index is 6.20. The molecule has 1 aliphatic rings. The number of rotatable bonds is 5. The summed E-state index contributed by atoms with van der Waals surface area (Å²) in [7, 11) is 0. The second-order valence-electron chi connectivity index (χ2n) is 6.49. The van der Waals surface area contributed by atoms with Crippen LogP contribution in [-0.2, 0) is 6.54 Å². The first-order valence-corrected chi connectivity index (χ1v) is 8.56. The van der Waals surface area contributed by atoms with Crippen LogP contribution in [0.5, 0.6) is 0 Å². The lowest BCUT2D eigenvalue weighted by Gasteiger charge is -2.33. The van der Waals surface area contributed by atoms with Gasteiger partial charge in [0.2, 0.25) is 0 Å². The van der Waals surface area contributed by atoms with E-state index < -0.39 is 0 Å². The van der Waals surface area contributed by atoms with Gasteiger partial charge in [0.1, 0.15) is 0 Å². The summed E-state index contributed by atoms with van der Waals surface area (Å²) in [5.41, 5.74) is 7.61. The summed E-state index contributed by atoms with van der Waals surface area (Å²) < 4.78 is 1.16. The molecule has 1 aromatic carbocycles. The molecule has 1 unspecified atom stereocenters. The van der Waals surface area contributed by atoms with Crippen molar-refractivity contribution in [3.63, 3.8) is 0 Å². The summed E-state index contributed by atoms with van der Waals surface area (Å²) in [6.45, 7) is 7.97. The zero-order chi connectivity index (χ0) is 14.5. The fourth-order valence-corrected chi connectivity index (χ4v) is 3.15. The lowest BCUT2D eigenvalue weighted by atomic mass is 9.87. The highest BCUT2D eigenvalue weighted by Gasteiger charge is 2.22. The Bertz CT molecular complexity index is 394. The van der Waals surface area contributed by atoms with Crippen LogP contribution < -0.4 is 5.73 Å². The van der Waals surface area contributed by atoms with Crippen molar-refractivity contribution in [1.29, 1.82) is 0 Å². The number of hydrogen-bond donors (Lipinski definition) is 1. The van der Waals surface area contributed by atoms with Gasteiger partial charge in [-0.2, -0.15) is 0 Å². The van der Waals surface area contributed by atoms with E-state index in [2.05, 4.69) is 58.9 Å². The molecule has 20 heavy (non-hydrogen) atoms. The monoisotopic (exact) mass is 338 g/mol. The van der Waals surface area contributed by atoms with Gasteiger partial charge in [-0.15, -0.1) is 0 Å². The summed E-state index contributed by atoms with van der Waals surface area (Å²) in [6.07, 6.45) is 3.80. The van der Waals surface area contributed by atoms with E-state index in [4.69, 9.17) is 5.73 Å². The Balaban J connectivity index is 1.75. The molecule has 1 aromatic rings. The Morgan fingerprint density at radius 2 is 1.80 bits per heavy atom. The average Bonchev–Trinajstić information content (AvgIpc) is 2.43. The minimum atomic E-state index is 0.373. The molecule has 0 amide bonds. The van der Waals surface area contributed by atoms with E-state index in [0.29, 0.717) is 12.0 Å². The maximum Gasteiger partial charge on any atom is 0.0233 e. The SMILES string of the molecule is CC(C)C(N)CC1CCN(Cc2ccc(Br)cc2)CC1. The Hall–Kier alpha value is -0.380. The molecule has 1 heterocycles. The quantitative estimate of drug-likeness (QED) is 0.877. The first-order valence-electron chi connectivity index (χ1n) is 7.77. The van der Waals surface area contributed by atoms with Crippen molar-refractivity contribution >= 4 is 15.9 Å². The number of likely N-dealkylation sites (tertiary alicyclic amines) is 1. The zero-order valence-corrected chi connectivity index (χ0v) is 14.3. The lowest BCUT2D eigenvalue weighted by Crippen LogP contribution is -2.36. The van der Waals surface area contributed by atoms with Gasteiger partial charge < -0.3 is 5.73 Å². The average molecular weight is 339 g/mol.